The van der Waals surface area contributed by atoms with Crippen LogP contribution in [0.15, 0.2) is 59.0 Å². The molecular weight excluding hydrogens is 328 g/mol. The molecule has 0 aliphatic heterocycles. The lowest BCUT2D eigenvalue weighted by molar-refractivity contribution is 0.134. The molecule has 5 heteroatoms. The molecule has 1 heterocycles. The van der Waals surface area contributed by atoms with Crippen molar-refractivity contribution < 1.29 is 13.9 Å². The van der Waals surface area contributed by atoms with E-state index in [4.69, 9.17) is 9.15 Å². The van der Waals surface area contributed by atoms with Crippen molar-refractivity contribution in [2.45, 2.75) is 33.0 Å². The maximum atomic E-state index is 12.1. The van der Waals surface area contributed by atoms with Gasteiger partial charge in [0, 0.05) is 18.5 Å². The Labute approximate surface area is 153 Å². The maximum Gasteiger partial charge on any atom is 0.315 e. The number of nitrogens with one attached hydrogen (secondary N) is 2. The lowest BCUT2D eigenvalue weighted by Gasteiger charge is -2.12. The van der Waals surface area contributed by atoms with E-state index in [0.717, 1.165) is 27.9 Å². The molecule has 3 rings (SSSR count). The Morgan fingerprint density at radius 2 is 1.85 bits per heavy atom. The summed E-state index contributed by atoms with van der Waals surface area (Å²) in [5, 5.41) is 6.81. The highest BCUT2D eigenvalue weighted by Crippen LogP contribution is 2.23. The van der Waals surface area contributed by atoms with Crippen LogP contribution >= 0.6 is 0 Å². The molecule has 0 bridgehead atoms. The Balaban J connectivity index is 1.50. The van der Waals surface area contributed by atoms with Crippen LogP contribution < -0.4 is 10.6 Å². The fourth-order valence-corrected chi connectivity index (χ4v) is 2.69. The molecule has 136 valence electrons. The van der Waals surface area contributed by atoms with Crippen molar-refractivity contribution in [2.75, 3.05) is 6.61 Å². The average Bonchev–Trinajstić information content (AvgIpc) is 3.10. The van der Waals surface area contributed by atoms with Gasteiger partial charge in [-0.1, -0.05) is 42.5 Å². The van der Waals surface area contributed by atoms with Crippen LogP contribution in [0.1, 0.15) is 36.8 Å². The first-order valence-electron chi connectivity index (χ1n) is 8.84. The third-order valence-corrected chi connectivity index (χ3v) is 4.17. The van der Waals surface area contributed by atoms with Gasteiger partial charge in [0.1, 0.15) is 11.3 Å². The van der Waals surface area contributed by atoms with Crippen molar-refractivity contribution in [3.63, 3.8) is 0 Å². The molecule has 1 aromatic heterocycles. The minimum absolute atomic E-state index is 0.212. The predicted octanol–water partition coefficient (Wildman–Crippen LogP) is 4.53. The van der Waals surface area contributed by atoms with Crippen molar-refractivity contribution in [2.24, 2.45) is 0 Å². The van der Waals surface area contributed by atoms with Crippen LogP contribution in [0.2, 0.25) is 0 Å². The van der Waals surface area contributed by atoms with Crippen molar-refractivity contribution in [1.29, 1.82) is 0 Å². The quantitative estimate of drug-likeness (QED) is 0.657. The number of furan rings is 1. The highest BCUT2D eigenvalue weighted by molar-refractivity contribution is 5.78. The summed E-state index contributed by atoms with van der Waals surface area (Å²) in [6, 6.07) is 17.3. The van der Waals surface area contributed by atoms with Crippen LogP contribution in [0.25, 0.3) is 11.0 Å². The van der Waals surface area contributed by atoms with Crippen LogP contribution in [0, 0.1) is 0 Å². The fraction of sp³-hybridized carbons (Fsp3) is 0.286. The number of benzene rings is 2. The van der Waals surface area contributed by atoms with Crippen molar-refractivity contribution >= 4 is 17.0 Å². The van der Waals surface area contributed by atoms with E-state index in [1.165, 1.54) is 0 Å². The van der Waals surface area contributed by atoms with Gasteiger partial charge >= 0.3 is 6.03 Å². The SMILES string of the molecule is CCOCc1ccc(CNC(=O)NC(C)c2cc3ccccc3o2)cc1. The van der Waals surface area contributed by atoms with E-state index in [0.29, 0.717) is 19.8 Å². The second-order valence-electron chi connectivity index (χ2n) is 6.19. The van der Waals surface area contributed by atoms with E-state index in [9.17, 15) is 4.79 Å². The zero-order chi connectivity index (χ0) is 18.4. The molecule has 0 saturated carbocycles. The summed E-state index contributed by atoms with van der Waals surface area (Å²) in [6.45, 7) is 5.66. The number of ether oxygens (including phenoxy) is 1. The minimum Gasteiger partial charge on any atom is -0.459 e. The Kier molecular flexibility index (Phi) is 5.92. The number of amides is 2. The van der Waals surface area contributed by atoms with Crippen LogP contribution in [0.5, 0.6) is 0 Å². The number of hydrogen-bond donors (Lipinski definition) is 2. The summed E-state index contributed by atoms with van der Waals surface area (Å²) in [6.07, 6.45) is 0. The molecule has 5 nitrogen and oxygen atoms in total. The predicted molar refractivity (Wildman–Crippen MR) is 102 cm³/mol. The third kappa shape index (κ3) is 4.64. The lowest BCUT2D eigenvalue weighted by Crippen LogP contribution is -2.36. The molecule has 0 aliphatic rings. The van der Waals surface area contributed by atoms with E-state index in [2.05, 4.69) is 10.6 Å². The number of rotatable bonds is 7. The van der Waals surface area contributed by atoms with Gasteiger partial charge in [0.05, 0.1) is 12.6 Å². The van der Waals surface area contributed by atoms with Gasteiger partial charge in [-0.15, -0.1) is 0 Å². The van der Waals surface area contributed by atoms with Crippen molar-refractivity contribution in [3.8, 4) is 0 Å². The van der Waals surface area contributed by atoms with Gasteiger partial charge in [-0.05, 0) is 37.1 Å². The minimum atomic E-state index is -0.226. The summed E-state index contributed by atoms with van der Waals surface area (Å²) >= 11 is 0. The monoisotopic (exact) mass is 352 g/mol. The van der Waals surface area contributed by atoms with Gasteiger partial charge < -0.3 is 19.8 Å². The highest BCUT2D eigenvalue weighted by atomic mass is 16.5. The van der Waals surface area contributed by atoms with E-state index < -0.39 is 0 Å². The molecule has 0 fully saturated rings. The highest BCUT2D eigenvalue weighted by Gasteiger charge is 2.13. The molecular formula is C21H24N2O3. The normalized spacial score (nSPS) is 12.1. The largest absolute Gasteiger partial charge is 0.459 e. The molecule has 2 aromatic carbocycles. The topological polar surface area (TPSA) is 63.5 Å². The maximum absolute atomic E-state index is 12.1. The Morgan fingerprint density at radius 3 is 2.58 bits per heavy atom. The summed E-state index contributed by atoms with van der Waals surface area (Å²) in [4.78, 5) is 12.1. The first kappa shape index (κ1) is 18.0. The molecule has 3 aromatic rings. The summed E-state index contributed by atoms with van der Waals surface area (Å²) in [7, 11) is 0. The number of hydrogen-bond acceptors (Lipinski definition) is 3. The number of urea groups is 1. The number of carbonyl (C=O) groups excluding carboxylic acids is 1. The van der Waals surface area contributed by atoms with Gasteiger partial charge in [0.2, 0.25) is 0 Å². The van der Waals surface area contributed by atoms with Crippen molar-refractivity contribution in [3.05, 3.63) is 71.5 Å². The molecule has 0 spiro atoms. The molecule has 1 atom stereocenters. The first-order valence-corrected chi connectivity index (χ1v) is 8.84. The second-order valence-corrected chi connectivity index (χ2v) is 6.19. The van der Waals surface area contributed by atoms with Gasteiger partial charge in [-0.25, -0.2) is 4.79 Å². The lowest BCUT2D eigenvalue weighted by atomic mass is 10.1. The van der Waals surface area contributed by atoms with E-state index in [-0.39, 0.29) is 12.1 Å². The third-order valence-electron chi connectivity index (χ3n) is 4.17. The first-order chi connectivity index (χ1) is 12.7. The Morgan fingerprint density at radius 1 is 1.12 bits per heavy atom. The number of carbonyl (C=O) groups is 1. The summed E-state index contributed by atoms with van der Waals surface area (Å²) in [5.41, 5.74) is 2.99. The molecule has 1 unspecified atom stereocenters. The average molecular weight is 352 g/mol. The van der Waals surface area contributed by atoms with Crippen LogP contribution in [0.3, 0.4) is 0 Å². The van der Waals surface area contributed by atoms with E-state index in [1.807, 2.05) is 68.4 Å². The molecule has 0 saturated heterocycles. The Bertz CT molecular complexity index is 822. The number of fused-ring (bicyclic) bond motifs is 1. The molecule has 26 heavy (non-hydrogen) atoms. The van der Waals surface area contributed by atoms with Gasteiger partial charge in [-0.2, -0.15) is 0 Å². The van der Waals surface area contributed by atoms with Gasteiger partial charge in [0.15, 0.2) is 0 Å². The zero-order valence-electron chi connectivity index (χ0n) is 15.1. The second kappa shape index (κ2) is 8.54. The Hall–Kier alpha value is -2.79. The molecule has 2 amide bonds. The number of para-hydroxylation sites is 1. The molecule has 0 aliphatic carbocycles. The van der Waals surface area contributed by atoms with E-state index in [1.54, 1.807) is 0 Å². The molecule has 2 N–H and O–H groups in total. The fourth-order valence-electron chi connectivity index (χ4n) is 2.69. The van der Waals surface area contributed by atoms with E-state index >= 15 is 0 Å². The smallest absolute Gasteiger partial charge is 0.315 e. The molecule has 0 radical (unpaired) electrons. The zero-order valence-corrected chi connectivity index (χ0v) is 15.1. The van der Waals surface area contributed by atoms with Crippen LogP contribution in [-0.2, 0) is 17.9 Å². The van der Waals surface area contributed by atoms with Crippen LogP contribution in [-0.4, -0.2) is 12.6 Å². The van der Waals surface area contributed by atoms with Crippen molar-refractivity contribution in [1.82, 2.24) is 10.6 Å². The van der Waals surface area contributed by atoms with Crippen LogP contribution in [0.4, 0.5) is 4.79 Å². The van der Waals surface area contributed by atoms with Gasteiger partial charge in [-0.3, -0.25) is 0 Å². The van der Waals surface area contributed by atoms with Gasteiger partial charge in [0.25, 0.3) is 0 Å². The summed E-state index contributed by atoms with van der Waals surface area (Å²) in [5.74, 6) is 0.738. The standard InChI is InChI=1S/C21H24N2O3/c1-3-25-14-17-10-8-16(9-11-17)13-22-21(24)23-15(2)20-12-18-6-4-5-7-19(18)26-20/h4-12,15H,3,13-14H2,1-2H3,(H2,22,23,24). The summed E-state index contributed by atoms with van der Waals surface area (Å²) < 4.78 is 11.2.